The van der Waals surface area contributed by atoms with Crippen LogP contribution in [-0.2, 0) is 6.42 Å². The monoisotopic (exact) mass is 305 g/mol. The van der Waals surface area contributed by atoms with Gasteiger partial charge in [-0.1, -0.05) is 17.3 Å². The molecule has 1 aliphatic heterocycles. The molecule has 2 unspecified atom stereocenters. The fraction of sp³-hybridized carbons (Fsp3) is 0.467. The van der Waals surface area contributed by atoms with Gasteiger partial charge in [-0.3, -0.25) is 0 Å². The van der Waals surface area contributed by atoms with Gasteiger partial charge in [0.1, 0.15) is 5.75 Å². The lowest BCUT2D eigenvalue weighted by Gasteiger charge is -2.13. The van der Waals surface area contributed by atoms with Gasteiger partial charge in [-0.05, 0) is 24.7 Å². The normalized spacial score (nSPS) is 21.6. The minimum Gasteiger partial charge on any atom is -0.497 e. The molecule has 0 amide bonds. The summed E-state index contributed by atoms with van der Waals surface area (Å²) in [5.74, 6) is 4.79. The van der Waals surface area contributed by atoms with E-state index in [1.807, 2.05) is 43.1 Å². The molecule has 0 radical (unpaired) electrons. The molecule has 2 heterocycles. The van der Waals surface area contributed by atoms with Crippen LogP contribution in [0.25, 0.3) is 0 Å². The molecule has 6 heteroatoms. The van der Waals surface area contributed by atoms with Crippen molar-refractivity contribution in [3.05, 3.63) is 41.5 Å². The van der Waals surface area contributed by atoms with Gasteiger partial charge in [-0.25, -0.2) is 0 Å². The largest absolute Gasteiger partial charge is 0.497 e. The average molecular weight is 305 g/mol. The summed E-state index contributed by atoms with van der Waals surface area (Å²) in [5.41, 5.74) is 1.15. The molecular weight excluding hydrogens is 286 g/mol. The van der Waals surface area contributed by atoms with Crippen molar-refractivity contribution in [3.8, 4) is 5.75 Å². The second kappa shape index (κ2) is 6.49. The summed E-state index contributed by atoms with van der Waals surface area (Å²) in [4.78, 5) is 4.57. The standard InChI is InChI=1S/C15H19N3O2S/c1-16-13-9-21-8-12(13)15-17-14(18-20-15)7-10-3-5-11(19-2)6-4-10/h3-6,12-13,16H,7-9H2,1-2H3. The van der Waals surface area contributed by atoms with Crippen LogP contribution in [0.4, 0.5) is 0 Å². The van der Waals surface area contributed by atoms with E-state index < -0.39 is 0 Å². The molecule has 0 bridgehead atoms. The molecular formula is C15H19N3O2S. The van der Waals surface area contributed by atoms with Crippen LogP contribution < -0.4 is 10.1 Å². The van der Waals surface area contributed by atoms with Crippen molar-refractivity contribution in [1.82, 2.24) is 15.5 Å². The first-order valence-corrected chi connectivity index (χ1v) is 8.16. The van der Waals surface area contributed by atoms with Crippen molar-refractivity contribution in [3.63, 3.8) is 0 Å². The third-order valence-corrected chi connectivity index (χ3v) is 4.96. The van der Waals surface area contributed by atoms with Crippen LogP contribution in [0.2, 0.25) is 0 Å². The van der Waals surface area contributed by atoms with Crippen molar-refractivity contribution >= 4 is 11.8 Å². The number of hydrogen-bond acceptors (Lipinski definition) is 6. The van der Waals surface area contributed by atoms with Crippen LogP contribution in [-0.4, -0.2) is 41.8 Å². The van der Waals surface area contributed by atoms with Crippen LogP contribution in [0.1, 0.15) is 23.2 Å². The SMILES string of the molecule is CNC1CSCC1c1nc(Cc2ccc(OC)cc2)no1. The molecule has 1 fully saturated rings. The Kier molecular flexibility index (Phi) is 4.45. The lowest BCUT2D eigenvalue weighted by atomic mass is 10.0. The zero-order valence-corrected chi connectivity index (χ0v) is 13.0. The van der Waals surface area contributed by atoms with Gasteiger partial charge in [-0.2, -0.15) is 16.7 Å². The second-order valence-corrected chi connectivity index (χ2v) is 6.19. The van der Waals surface area contributed by atoms with Gasteiger partial charge >= 0.3 is 0 Å². The zero-order valence-electron chi connectivity index (χ0n) is 12.2. The molecule has 1 N–H and O–H groups in total. The summed E-state index contributed by atoms with van der Waals surface area (Å²) in [6, 6.07) is 8.36. The number of nitrogens with zero attached hydrogens (tertiary/aromatic N) is 2. The van der Waals surface area contributed by atoms with E-state index in [9.17, 15) is 0 Å². The Morgan fingerprint density at radius 2 is 2.14 bits per heavy atom. The average Bonchev–Trinajstić information content (AvgIpc) is 3.16. The van der Waals surface area contributed by atoms with Crippen molar-refractivity contribution in [1.29, 1.82) is 0 Å². The van der Waals surface area contributed by atoms with Crippen LogP contribution in [0.3, 0.4) is 0 Å². The van der Waals surface area contributed by atoms with E-state index in [0.29, 0.717) is 18.4 Å². The summed E-state index contributed by atoms with van der Waals surface area (Å²) >= 11 is 1.92. The highest BCUT2D eigenvalue weighted by molar-refractivity contribution is 7.99. The van der Waals surface area contributed by atoms with E-state index >= 15 is 0 Å². The minimum atomic E-state index is 0.317. The minimum absolute atomic E-state index is 0.317. The number of likely N-dealkylation sites (N-methyl/N-ethyl adjacent to an activating group) is 1. The van der Waals surface area contributed by atoms with E-state index in [-0.39, 0.29) is 0 Å². The van der Waals surface area contributed by atoms with Gasteiger partial charge in [0, 0.05) is 24.0 Å². The Morgan fingerprint density at radius 3 is 2.86 bits per heavy atom. The van der Waals surface area contributed by atoms with E-state index in [4.69, 9.17) is 9.26 Å². The Morgan fingerprint density at radius 1 is 1.33 bits per heavy atom. The van der Waals surface area contributed by atoms with Crippen molar-refractivity contribution in [2.75, 3.05) is 25.7 Å². The predicted molar refractivity (Wildman–Crippen MR) is 83.0 cm³/mol. The maximum Gasteiger partial charge on any atom is 0.232 e. The van der Waals surface area contributed by atoms with Crippen molar-refractivity contribution < 1.29 is 9.26 Å². The Bertz CT molecular complexity index is 585. The van der Waals surface area contributed by atoms with Crippen LogP contribution >= 0.6 is 11.8 Å². The van der Waals surface area contributed by atoms with Crippen LogP contribution in [0, 0.1) is 0 Å². The van der Waals surface area contributed by atoms with E-state index in [1.54, 1.807) is 7.11 Å². The quantitative estimate of drug-likeness (QED) is 0.913. The maximum absolute atomic E-state index is 5.46. The molecule has 1 saturated heterocycles. The fourth-order valence-electron chi connectivity index (χ4n) is 2.50. The molecule has 3 rings (SSSR count). The number of rotatable bonds is 5. The Balaban J connectivity index is 1.69. The van der Waals surface area contributed by atoms with Crippen LogP contribution in [0.5, 0.6) is 5.75 Å². The molecule has 112 valence electrons. The van der Waals surface area contributed by atoms with Crippen molar-refractivity contribution in [2.24, 2.45) is 0 Å². The molecule has 1 aromatic heterocycles. The van der Waals surface area contributed by atoms with Gasteiger partial charge in [0.25, 0.3) is 0 Å². The van der Waals surface area contributed by atoms with E-state index in [1.165, 1.54) is 0 Å². The van der Waals surface area contributed by atoms with Crippen molar-refractivity contribution in [2.45, 2.75) is 18.4 Å². The highest BCUT2D eigenvalue weighted by atomic mass is 32.2. The summed E-state index contributed by atoms with van der Waals surface area (Å²) < 4.78 is 10.6. The smallest absolute Gasteiger partial charge is 0.232 e. The molecule has 2 atom stereocenters. The molecule has 1 aliphatic rings. The first kappa shape index (κ1) is 14.4. The van der Waals surface area contributed by atoms with Gasteiger partial charge in [0.2, 0.25) is 5.89 Å². The lowest BCUT2D eigenvalue weighted by Crippen LogP contribution is -2.31. The fourth-order valence-corrected chi connectivity index (χ4v) is 3.92. The zero-order chi connectivity index (χ0) is 14.7. The molecule has 2 aromatic rings. The highest BCUT2D eigenvalue weighted by Gasteiger charge is 2.32. The second-order valence-electron chi connectivity index (χ2n) is 5.11. The Hall–Kier alpha value is -1.53. The number of nitrogens with one attached hydrogen (secondary N) is 1. The molecule has 21 heavy (non-hydrogen) atoms. The lowest BCUT2D eigenvalue weighted by molar-refractivity contribution is 0.341. The topological polar surface area (TPSA) is 60.2 Å². The van der Waals surface area contributed by atoms with Gasteiger partial charge in [-0.15, -0.1) is 0 Å². The first-order chi connectivity index (χ1) is 10.3. The predicted octanol–water partition coefficient (Wildman–Crippen LogP) is 2.09. The molecule has 0 saturated carbocycles. The molecule has 5 nitrogen and oxygen atoms in total. The summed E-state index contributed by atoms with van der Waals surface area (Å²) in [7, 11) is 3.65. The Labute approximate surface area is 128 Å². The third-order valence-electron chi connectivity index (χ3n) is 3.77. The first-order valence-electron chi connectivity index (χ1n) is 7.00. The third kappa shape index (κ3) is 3.22. The molecule has 0 spiro atoms. The van der Waals surface area contributed by atoms with E-state index in [2.05, 4.69) is 15.5 Å². The number of methoxy groups -OCH3 is 1. The number of hydrogen-bond donors (Lipinski definition) is 1. The number of aromatic nitrogens is 2. The highest BCUT2D eigenvalue weighted by Crippen LogP contribution is 2.31. The summed E-state index contributed by atoms with van der Waals surface area (Å²) in [6.45, 7) is 0. The number of ether oxygens (including phenoxy) is 1. The maximum atomic E-state index is 5.46. The summed E-state index contributed by atoms with van der Waals surface area (Å²) in [6.07, 6.45) is 0.678. The van der Waals surface area contributed by atoms with Gasteiger partial charge < -0.3 is 14.6 Å². The molecule has 1 aromatic carbocycles. The van der Waals surface area contributed by atoms with E-state index in [0.717, 1.165) is 34.5 Å². The summed E-state index contributed by atoms with van der Waals surface area (Å²) in [5, 5.41) is 7.43. The number of thioether (sulfide) groups is 1. The number of benzene rings is 1. The van der Waals surface area contributed by atoms with Gasteiger partial charge in [0.15, 0.2) is 5.82 Å². The molecule has 0 aliphatic carbocycles. The van der Waals surface area contributed by atoms with Crippen LogP contribution in [0.15, 0.2) is 28.8 Å². The van der Waals surface area contributed by atoms with Gasteiger partial charge in [0.05, 0.1) is 13.0 Å².